The maximum Gasteiger partial charge on any atom is 0.256 e. The largest absolute Gasteiger partial charge is 0.506 e. The predicted molar refractivity (Wildman–Crippen MR) is 116 cm³/mol. The number of carbonyl (C=O) groups excluding carboxylic acids is 2. The maximum atomic E-state index is 12.8. The summed E-state index contributed by atoms with van der Waals surface area (Å²) in [6.07, 6.45) is 0. The van der Waals surface area contributed by atoms with Gasteiger partial charge in [-0.2, -0.15) is 0 Å². The molecule has 2 amide bonds. The van der Waals surface area contributed by atoms with Crippen molar-refractivity contribution < 1.29 is 19.8 Å². The number of hydrogen-bond acceptors (Lipinski definition) is 4. The molecule has 4 N–H and O–H groups in total. The average molecular weight is 398 g/mol. The number of phenols is 2. The number of nitrogens with one attached hydrogen (secondary N) is 2. The number of amides is 2. The summed E-state index contributed by atoms with van der Waals surface area (Å²) in [5.41, 5.74) is 1.34. The van der Waals surface area contributed by atoms with Gasteiger partial charge in [0.1, 0.15) is 11.5 Å². The van der Waals surface area contributed by atoms with Gasteiger partial charge in [-0.15, -0.1) is 0 Å². The van der Waals surface area contributed by atoms with Crippen molar-refractivity contribution in [3.63, 3.8) is 0 Å². The van der Waals surface area contributed by atoms with E-state index in [0.29, 0.717) is 33.3 Å². The first-order chi connectivity index (χ1) is 14.5. The van der Waals surface area contributed by atoms with Gasteiger partial charge in [-0.1, -0.05) is 48.5 Å². The van der Waals surface area contributed by atoms with Gasteiger partial charge in [0.05, 0.1) is 11.4 Å². The molecule has 0 spiro atoms. The lowest BCUT2D eigenvalue weighted by Crippen LogP contribution is -2.15. The van der Waals surface area contributed by atoms with E-state index in [1.165, 1.54) is 12.1 Å². The number of carbonyl (C=O) groups is 2. The van der Waals surface area contributed by atoms with Gasteiger partial charge in [-0.05, 0) is 47.2 Å². The third-order valence-electron chi connectivity index (χ3n) is 4.72. The normalized spacial score (nSPS) is 10.5. The molecule has 0 atom stereocenters. The summed E-state index contributed by atoms with van der Waals surface area (Å²) in [5, 5.41) is 26.4. The quantitative estimate of drug-likeness (QED) is 0.373. The molecule has 0 fully saturated rings. The molecule has 4 aromatic carbocycles. The summed E-state index contributed by atoms with van der Waals surface area (Å²) >= 11 is 0. The molecule has 0 aliphatic carbocycles. The summed E-state index contributed by atoms with van der Waals surface area (Å²) in [7, 11) is 0. The smallest absolute Gasteiger partial charge is 0.256 e. The monoisotopic (exact) mass is 398 g/mol. The van der Waals surface area contributed by atoms with E-state index in [1.54, 1.807) is 72.8 Å². The van der Waals surface area contributed by atoms with Crippen molar-refractivity contribution in [2.45, 2.75) is 0 Å². The lowest BCUT2D eigenvalue weighted by Gasteiger charge is -2.13. The summed E-state index contributed by atoms with van der Waals surface area (Å²) in [5.74, 6) is -0.872. The van der Waals surface area contributed by atoms with Crippen LogP contribution in [0.5, 0.6) is 11.5 Å². The molecule has 4 aromatic rings. The van der Waals surface area contributed by atoms with Crippen LogP contribution in [0.3, 0.4) is 0 Å². The third-order valence-corrected chi connectivity index (χ3v) is 4.72. The topological polar surface area (TPSA) is 98.7 Å². The van der Waals surface area contributed by atoms with Gasteiger partial charge in [-0.25, -0.2) is 0 Å². The van der Waals surface area contributed by atoms with Crippen molar-refractivity contribution in [3.05, 3.63) is 96.1 Å². The zero-order valence-corrected chi connectivity index (χ0v) is 15.8. The van der Waals surface area contributed by atoms with Crippen LogP contribution < -0.4 is 10.6 Å². The third kappa shape index (κ3) is 3.66. The molecule has 0 radical (unpaired) electrons. The molecule has 0 aliphatic heterocycles. The van der Waals surface area contributed by atoms with Crippen LogP contribution in [-0.2, 0) is 0 Å². The minimum atomic E-state index is -0.402. The van der Waals surface area contributed by atoms with Crippen LogP contribution in [0.1, 0.15) is 20.7 Å². The molecule has 0 saturated heterocycles. The maximum absolute atomic E-state index is 12.8. The molecule has 30 heavy (non-hydrogen) atoms. The van der Waals surface area contributed by atoms with Crippen LogP contribution in [0.25, 0.3) is 10.8 Å². The van der Waals surface area contributed by atoms with Crippen molar-refractivity contribution in [1.82, 2.24) is 0 Å². The van der Waals surface area contributed by atoms with Crippen molar-refractivity contribution in [2.75, 3.05) is 10.6 Å². The highest BCUT2D eigenvalue weighted by Gasteiger charge is 2.17. The van der Waals surface area contributed by atoms with E-state index in [0.717, 1.165) is 0 Å². The van der Waals surface area contributed by atoms with E-state index in [4.69, 9.17) is 0 Å². The molecule has 6 nitrogen and oxygen atoms in total. The van der Waals surface area contributed by atoms with E-state index in [-0.39, 0.29) is 11.5 Å². The summed E-state index contributed by atoms with van der Waals surface area (Å²) in [6, 6.07) is 23.1. The highest BCUT2D eigenvalue weighted by atomic mass is 16.3. The average Bonchev–Trinajstić information content (AvgIpc) is 2.76. The number of aromatic hydroxyl groups is 2. The van der Waals surface area contributed by atoms with Crippen molar-refractivity contribution in [3.8, 4) is 11.5 Å². The number of anilines is 2. The fourth-order valence-corrected chi connectivity index (χ4v) is 3.23. The zero-order chi connectivity index (χ0) is 21.1. The minimum Gasteiger partial charge on any atom is -0.506 e. The second-order valence-corrected chi connectivity index (χ2v) is 6.65. The lowest BCUT2D eigenvalue weighted by molar-refractivity contribution is 0.101. The minimum absolute atomic E-state index is 0.0335. The van der Waals surface area contributed by atoms with Crippen LogP contribution >= 0.6 is 0 Å². The van der Waals surface area contributed by atoms with Gasteiger partial charge >= 0.3 is 0 Å². The Bertz CT molecular complexity index is 1170. The van der Waals surface area contributed by atoms with Gasteiger partial charge < -0.3 is 20.8 Å². The number of phenolic OH excluding ortho intramolecular Hbond substituents is 2. The Hall–Kier alpha value is -4.32. The van der Waals surface area contributed by atoms with E-state index in [1.807, 2.05) is 0 Å². The first-order valence-corrected chi connectivity index (χ1v) is 9.25. The number of fused-ring (bicyclic) bond motifs is 1. The van der Waals surface area contributed by atoms with E-state index >= 15 is 0 Å². The van der Waals surface area contributed by atoms with Crippen molar-refractivity contribution in [2.24, 2.45) is 0 Å². The molecule has 0 unspecified atom stereocenters. The molecule has 0 bridgehead atoms. The highest BCUT2D eigenvalue weighted by molar-refractivity contribution is 6.19. The Morgan fingerprint density at radius 1 is 0.533 bits per heavy atom. The molecular formula is C24H18N2O4. The molecule has 4 rings (SSSR count). The van der Waals surface area contributed by atoms with Crippen molar-refractivity contribution in [1.29, 1.82) is 0 Å². The van der Waals surface area contributed by atoms with Gasteiger partial charge in [-0.3, -0.25) is 9.59 Å². The van der Waals surface area contributed by atoms with Crippen LogP contribution in [0, 0.1) is 0 Å². The molecule has 0 heterocycles. The summed E-state index contributed by atoms with van der Waals surface area (Å²) in [4.78, 5) is 25.7. The Labute approximate surface area is 172 Å². The SMILES string of the molecule is O=C(Nc1ccccc1O)c1ccc(C(=O)Nc2ccccc2O)c2ccccc12. The van der Waals surface area contributed by atoms with Crippen LogP contribution in [0.4, 0.5) is 11.4 Å². The number of rotatable bonds is 4. The number of benzene rings is 4. The van der Waals surface area contributed by atoms with Gasteiger partial charge in [0.25, 0.3) is 11.8 Å². The molecule has 0 saturated carbocycles. The fourth-order valence-electron chi connectivity index (χ4n) is 3.23. The Balaban J connectivity index is 1.70. The molecule has 0 aliphatic rings. The van der Waals surface area contributed by atoms with E-state index in [9.17, 15) is 19.8 Å². The summed E-state index contributed by atoms with van der Waals surface area (Å²) in [6.45, 7) is 0. The van der Waals surface area contributed by atoms with Crippen LogP contribution in [0.15, 0.2) is 84.9 Å². The fraction of sp³-hybridized carbons (Fsp3) is 0. The molecule has 6 heteroatoms. The van der Waals surface area contributed by atoms with Gasteiger partial charge in [0.15, 0.2) is 0 Å². The van der Waals surface area contributed by atoms with E-state index < -0.39 is 11.8 Å². The van der Waals surface area contributed by atoms with Gasteiger partial charge in [0.2, 0.25) is 0 Å². The predicted octanol–water partition coefficient (Wildman–Crippen LogP) is 4.76. The van der Waals surface area contributed by atoms with Gasteiger partial charge in [0, 0.05) is 11.1 Å². The van der Waals surface area contributed by atoms with Crippen LogP contribution in [0.2, 0.25) is 0 Å². The van der Waals surface area contributed by atoms with Crippen LogP contribution in [-0.4, -0.2) is 22.0 Å². The highest BCUT2D eigenvalue weighted by Crippen LogP contribution is 2.28. The zero-order valence-electron chi connectivity index (χ0n) is 15.8. The van der Waals surface area contributed by atoms with E-state index in [2.05, 4.69) is 10.6 Å². The Morgan fingerprint density at radius 3 is 1.30 bits per heavy atom. The Morgan fingerprint density at radius 2 is 0.900 bits per heavy atom. The second-order valence-electron chi connectivity index (χ2n) is 6.65. The molecular weight excluding hydrogens is 380 g/mol. The number of para-hydroxylation sites is 4. The summed E-state index contributed by atoms with van der Waals surface area (Å²) < 4.78 is 0. The number of hydrogen-bond donors (Lipinski definition) is 4. The van der Waals surface area contributed by atoms with Crippen molar-refractivity contribution >= 4 is 34.0 Å². The molecule has 0 aromatic heterocycles. The first-order valence-electron chi connectivity index (χ1n) is 9.25. The lowest BCUT2D eigenvalue weighted by atomic mass is 9.98. The Kier molecular flexibility index (Phi) is 5.05. The molecule has 148 valence electrons. The first kappa shape index (κ1) is 19.0. The second kappa shape index (κ2) is 7.97. The standard InChI is InChI=1S/C24H18N2O4/c27-21-11-5-3-9-19(21)25-23(29)17-13-14-18(16-8-2-1-7-15(16)17)24(30)26-20-10-4-6-12-22(20)28/h1-14,27-28H,(H,25,29)(H,26,30).